The third-order valence-electron chi connectivity index (χ3n) is 3.56. The van der Waals surface area contributed by atoms with Crippen molar-refractivity contribution in [2.45, 2.75) is 32.7 Å². The molecule has 0 aromatic heterocycles. The summed E-state index contributed by atoms with van der Waals surface area (Å²) in [5.41, 5.74) is 0.946. The van der Waals surface area contributed by atoms with E-state index >= 15 is 0 Å². The van der Waals surface area contributed by atoms with Gasteiger partial charge in [-0.2, -0.15) is 0 Å². The Kier molecular flexibility index (Phi) is 4.56. The van der Waals surface area contributed by atoms with Crippen molar-refractivity contribution >= 4 is 5.78 Å². The van der Waals surface area contributed by atoms with E-state index < -0.39 is 6.29 Å². The average Bonchev–Trinajstić information content (AvgIpc) is 2.46. The molecule has 2 rings (SSSR count). The quantitative estimate of drug-likeness (QED) is 0.838. The topological polar surface area (TPSA) is 44.8 Å². The smallest absolute Gasteiger partial charge is 0.184 e. The summed E-state index contributed by atoms with van der Waals surface area (Å²) < 4.78 is 16.6. The van der Waals surface area contributed by atoms with Crippen LogP contribution in [0.15, 0.2) is 24.3 Å². The monoisotopic (exact) mass is 264 g/mol. The minimum atomic E-state index is -0.397. The van der Waals surface area contributed by atoms with Crippen molar-refractivity contribution in [3.05, 3.63) is 29.8 Å². The molecule has 0 N–H and O–H groups in total. The van der Waals surface area contributed by atoms with E-state index in [1.165, 1.54) is 0 Å². The predicted molar refractivity (Wildman–Crippen MR) is 71.0 cm³/mol. The first-order valence-electron chi connectivity index (χ1n) is 6.53. The molecule has 1 aromatic rings. The fourth-order valence-corrected chi connectivity index (χ4v) is 2.12. The molecule has 3 atom stereocenters. The zero-order valence-electron chi connectivity index (χ0n) is 11.6. The van der Waals surface area contributed by atoms with Gasteiger partial charge in [0.05, 0.1) is 19.8 Å². The van der Waals surface area contributed by atoms with Crippen LogP contribution in [0.3, 0.4) is 0 Å². The fraction of sp³-hybridized carbons (Fsp3) is 0.533. The molecule has 1 aliphatic rings. The molecule has 0 saturated carbocycles. The van der Waals surface area contributed by atoms with Crippen molar-refractivity contribution in [1.29, 1.82) is 0 Å². The number of carbonyl (C=O) groups is 1. The normalized spacial score (nSPS) is 24.8. The van der Waals surface area contributed by atoms with Gasteiger partial charge in [0.1, 0.15) is 11.5 Å². The summed E-state index contributed by atoms with van der Waals surface area (Å²) in [4.78, 5) is 11.4. The predicted octanol–water partition coefficient (Wildman–Crippen LogP) is 2.72. The highest BCUT2D eigenvalue weighted by molar-refractivity contribution is 5.78. The van der Waals surface area contributed by atoms with E-state index in [-0.39, 0.29) is 17.8 Å². The molecule has 0 aliphatic carbocycles. The molecule has 0 bridgehead atoms. The fourth-order valence-electron chi connectivity index (χ4n) is 2.12. The van der Waals surface area contributed by atoms with Gasteiger partial charge in [-0.1, -0.05) is 19.1 Å². The van der Waals surface area contributed by atoms with Gasteiger partial charge in [-0.25, -0.2) is 0 Å². The average molecular weight is 264 g/mol. The first kappa shape index (κ1) is 14.0. The van der Waals surface area contributed by atoms with Gasteiger partial charge in [0.15, 0.2) is 6.29 Å². The minimum Gasteiger partial charge on any atom is -0.497 e. The summed E-state index contributed by atoms with van der Waals surface area (Å²) >= 11 is 0. The highest BCUT2D eigenvalue weighted by Crippen LogP contribution is 2.30. The Bertz CT molecular complexity index is 426. The summed E-state index contributed by atoms with van der Waals surface area (Å²) in [6.07, 6.45) is 0.290. The third kappa shape index (κ3) is 3.33. The van der Waals surface area contributed by atoms with Gasteiger partial charge < -0.3 is 14.2 Å². The maximum atomic E-state index is 11.4. The lowest BCUT2D eigenvalue weighted by Gasteiger charge is -2.33. The van der Waals surface area contributed by atoms with Gasteiger partial charge in [-0.05, 0) is 25.5 Å². The highest BCUT2D eigenvalue weighted by Gasteiger charge is 2.30. The summed E-state index contributed by atoms with van der Waals surface area (Å²) in [5, 5.41) is 0. The van der Waals surface area contributed by atoms with Crippen molar-refractivity contribution in [3.8, 4) is 5.75 Å². The van der Waals surface area contributed by atoms with E-state index in [4.69, 9.17) is 14.2 Å². The molecule has 1 aliphatic heterocycles. The van der Waals surface area contributed by atoms with E-state index in [1.807, 2.05) is 31.2 Å². The van der Waals surface area contributed by atoms with Crippen LogP contribution in [0.25, 0.3) is 0 Å². The number of rotatable bonds is 4. The Morgan fingerprint density at radius 2 is 2.05 bits per heavy atom. The molecule has 1 aromatic carbocycles. The molecule has 0 spiro atoms. The first-order valence-corrected chi connectivity index (χ1v) is 6.53. The van der Waals surface area contributed by atoms with Crippen LogP contribution in [0, 0.1) is 5.92 Å². The van der Waals surface area contributed by atoms with E-state index in [9.17, 15) is 4.79 Å². The molecule has 0 amide bonds. The van der Waals surface area contributed by atoms with Crippen LogP contribution in [0.5, 0.6) is 5.75 Å². The van der Waals surface area contributed by atoms with Crippen molar-refractivity contribution in [1.82, 2.24) is 0 Å². The van der Waals surface area contributed by atoms with Crippen molar-refractivity contribution in [3.63, 3.8) is 0 Å². The molecule has 4 heteroatoms. The van der Waals surface area contributed by atoms with Gasteiger partial charge in [-0.15, -0.1) is 0 Å². The van der Waals surface area contributed by atoms with E-state index in [0.717, 1.165) is 17.7 Å². The zero-order chi connectivity index (χ0) is 13.8. The summed E-state index contributed by atoms with van der Waals surface area (Å²) in [6, 6.07) is 7.59. The Morgan fingerprint density at radius 1 is 1.37 bits per heavy atom. The molecule has 0 unspecified atom stereocenters. The van der Waals surface area contributed by atoms with Gasteiger partial charge in [0.2, 0.25) is 0 Å². The van der Waals surface area contributed by atoms with Gasteiger partial charge >= 0.3 is 0 Å². The van der Waals surface area contributed by atoms with Gasteiger partial charge in [0.25, 0.3) is 0 Å². The van der Waals surface area contributed by atoms with Crippen LogP contribution in [-0.4, -0.2) is 25.6 Å². The zero-order valence-corrected chi connectivity index (χ0v) is 11.6. The Hall–Kier alpha value is -1.39. The van der Waals surface area contributed by atoms with Crippen LogP contribution in [0.4, 0.5) is 0 Å². The number of carbonyl (C=O) groups excluding carboxylic acids is 1. The molecular weight excluding hydrogens is 244 g/mol. The number of ether oxygens (including phenoxy) is 3. The second kappa shape index (κ2) is 6.17. The maximum absolute atomic E-state index is 11.4. The Morgan fingerprint density at radius 3 is 2.63 bits per heavy atom. The highest BCUT2D eigenvalue weighted by atomic mass is 16.7. The maximum Gasteiger partial charge on any atom is 0.184 e. The summed E-state index contributed by atoms with van der Waals surface area (Å²) in [5.74, 6) is 0.859. The standard InChI is InChI=1S/C15H20O4/c1-10(11(2)16)14-8-9-18-15(19-14)12-4-6-13(17-3)7-5-12/h4-7,10,14-15H,8-9H2,1-3H3/t10-,14-,15-/m1/s1. The van der Waals surface area contributed by atoms with Crippen molar-refractivity contribution in [2.75, 3.05) is 13.7 Å². The molecule has 19 heavy (non-hydrogen) atoms. The number of benzene rings is 1. The molecular formula is C15H20O4. The molecule has 1 saturated heterocycles. The van der Waals surface area contributed by atoms with Gasteiger partial charge in [-0.3, -0.25) is 4.79 Å². The molecule has 1 heterocycles. The SMILES string of the molecule is COc1ccc([C@@H]2OCC[C@H]([C@H](C)C(C)=O)O2)cc1. The van der Waals surface area contributed by atoms with Crippen molar-refractivity contribution in [2.24, 2.45) is 5.92 Å². The first-order chi connectivity index (χ1) is 9.11. The number of methoxy groups -OCH3 is 1. The minimum absolute atomic E-state index is 0.0710. The largest absolute Gasteiger partial charge is 0.497 e. The lowest BCUT2D eigenvalue weighted by molar-refractivity contribution is -0.226. The second-order valence-corrected chi connectivity index (χ2v) is 4.84. The van der Waals surface area contributed by atoms with Gasteiger partial charge in [0, 0.05) is 11.5 Å². The van der Waals surface area contributed by atoms with Crippen LogP contribution in [0.1, 0.15) is 32.1 Å². The molecule has 4 nitrogen and oxygen atoms in total. The Labute approximate surface area is 113 Å². The Balaban J connectivity index is 2.05. The molecule has 104 valence electrons. The van der Waals surface area contributed by atoms with E-state index in [1.54, 1.807) is 14.0 Å². The molecule has 0 radical (unpaired) electrons. The van der Waals surface area contributed by atoms with Crippen LogP contribution < -0.4 is 4.74 Å². The lowest BCUT2D eigenvalue weighted by Crippen LogP contribution is -2.34. The van der Waals surface area contributed by atoms with Crippen LogP contribution in [-0.2, 0) is 14.3 Å². The number of Topliss-reactive ketones (excluding diaryl/α,β-unsaturated/α-hetero) is 1. The number of ketones is 1. The van der Waals surface area contributed by atoms with E-state index in [2.05, 4.69) is 0 Å². The lowest BCUT2D eigenvalue weighted by atomic mass is 9.97. The summed E-state index contributed by atoms with van der Waals surface area (Å²) in [6.45, 7) is 4.12. The number of hydrogen-bond acceptors (Lipinski definition) is 4. The van der Waals surface area contributed by atoms with Crippen LogP contribution >= 0.6 is 0 Å². The van der Waals surface area contributed by atoms with Crippen LogP contribution in [0.2, 0.25) is 0 Å². The van der Waals surface area contributed by atoms with E-state index in [0.29, 0.717) is 6.61 Å². The second-order valence-electron chi connectivity index (χ2n) is 4.84. The summed E-state index contributed by atoms with van der Waals surface area (Å²) in [7, 11) is 1.63. The van der Waals surface area contributed by atoms with Crippen molar-refractivity contribution < 1.29 is 19.0 Å². The third-order valence-corrected chi connectivity index (χ3v) is 3.56. The molecule has 1 fully saturated rings. The number of hydrogen-bond donors (Lipinski definition) is 0.